The predicted octanol–water partition coefficient (Wildman–Crippen LogP) is 1.39. The first-order valence-corrected chi connectivity index (χ1v) is 9.53. The zero-order valence-electron chi connectivity index (χ0n) is 16.3. The van der Waals surface area contributed by atoms with Crippen LogP contribution < -0.4 is 17.0 Å². The molecule has 1 heterocycles. The Labute approximate surface area is 158 Å². The third-order valence-electron chi connectivity index (χ3n) is 5.48. The SMILES string of the molecule is CCCCC1CCC(C(=O)OCC(=O)c2c(N)n(C)c(=O)n(C)c2=O)CC1. The van der Waals surface area contributed by atoms with Gasteiger partial charge in [0.1, 0.15) is 11.4 Å². The van der Waals surface area contributed by atoms with Gasteiger partial charge in [0.25, 0.3) is 5.56 Å². The minimum absolute atomic E-state index is 0.198. The number of unbranched alkanes of at least 4 members (excludes halogenated alkanes) is 1. The number of nitrogens with zero attached hydrogens (tertiary/aromatic N) is 2. The highest BCUT2D eigenvalue weighted by Crippen LogP contribution is 2.32. The Balaban J connectivity index is 1.96. The quantitative estimate of drug-likeness (QED) is 0.566. The van der Waals surface area contributed by atoms with Gasteiger partial charge < -0.3 is 10.5 Å². The van der Waals surface area contributed by atoms with Crippen molar-refractivity contribution >= 4 is 17.6 Å². The van der Waals surface area contributed by atoms with Crippen molar-refractivity contribution in [1.29, 1.82) is 0 Å². The minimum atomic E-state index is -0.784. The summed E-state index contributed by atoms with van der Waals surface area (Å²) in [5.41, 5.74) is 4.02. The average Bonchev–Trinajstić information content (AvgIpc) is 2.67. The van der Waals surface area contributed by atoms with Crippen LogP contribution >= 0.6 is 0 Å². The molecule has 27 heavy (non-hydrogen) atoms. The summed E-state index contributed by atoms with van der Waals surface area (Å²) in [5, 5.41) is 0. The average molecular weight is 379 g/mol. The largest absolute Gasteiger partial charge is 0.457 e. The van der Waals surface area contributed by atoms with Crippen LogP contribution in [0.15, 0.2) is 9.59 Å². The number of esters is 1. The topological polar surface area (TPSA) is 113 Å². The summed E-state index contributed by atoms with van der Waals surface area (Å²) in [6.07, 6.45) is 7.13. The monoisotopic (exact) mass is 379 g/mol. The summed E-state index contributed by atoms with van der Waals surface area (Å²) < 4.78 is 6.98. The van der Waals surface area contributed by atoms with Gasteiger partial charge in [-0.3, -0.25) is 23.5 Å². The molecule has 1 aliphatic carbocycles. The molecule has 1 aromatic rings. The molecule has 2 rings (SSSR count). The highest BCUT2D eigenvalue weighted by atomic mass is 16.5. The standard InChI is InChI=1S/C19H29N3O5/c1-4-5-6-12-7-9-13(10-8-12)18(25)27-11-14(23)15-16(20)21(2)19(26)22(3)17(15)24/h12-13H,4-11,20H2,1-3H3. The maximum Gasteiger partial charge on any atom is 0.332 e. The Hall–Kier alpha value is -2.38. The van der Waals surface area contributed by atoms with Crippen LogP contribution in [0.1, 0.15) is 62.2 Å². The summed E-state index contributed by atoms with van der Waals surface area (Å²) in [6, 6.07) is 0. The van der Waals surface area contributed by atoms with Crippen molar-refractivity contribution in [1.82, 2.24) is 9.13 Å². The molecule has 150 valence electrons. The molecule has 0 bridgehead atoms. The molecule has 8 heteroatoms. The van der Waals surface area contributed by atoms with Crippen molar-refractivity contribution < 1.29 is 14.3 Å². The second-order valence-corrected chi connectivity index (χ2v) is 7.36. The molecule has 1 fully saturated rings. The molecule has 0 spiro atoms. The number of anilines is 1. The van der Waals surface area contributed by atoms with Crippen molar-refractivity contribution in [2.75, 3.05) is 12.3 Å². The fourth-order valence-electron chi connectivity index (χ4n) is 3.63. The van der Waals surface area contributed by atoms with Gasteiger partial charge >= 0.3 is 11.7 Å². The van der Waals surface area contributed by atoms with Crippen LogP contribution in [0.3, 0.4) is 0 Å². The maximum atomic E-state index is 12.4. The smallest absolute Gasteiger partial charge is 0.332 e. The first kappa shape index (κ1) is 20.9. The molecule has 0 aliphatic heterocycles. The van der Waals surface area contributed by atoms with E-state index in [4.69, 9.17) is 10.5 Å². The number of carbonyl (C=O) groups is 2. The lowest BCUT2D eigenvalue weighted by molar-refractivity contribution is -0.148. The van der Waals surface area contributed by atoms with E-state index in [1.54, 1.807) is 0 Å². The van der Waals surface area contributed by atoms with Crippen LogP contribution in [0.4, 0.5) is 5.82 Å². The first-order chi connectivity index (χ1) is 12.8. The number of ketones is 1. The molecule has 0 atom stereocenters. The van der Waals surface area contributed by atoms with Crippen LogP contribution in [0.25, 0.3) is 0 Å². The predicted molar refractivity (Wildman–Crippen MR) is 102 cm³/mol. The number of ether oxygens (including phenoxy) is 1. The normalized spacial score (nSPS) is 19.7. The van der Waals surface area contributed by atoms with Crippen LogP contribution in [-0.4, -0.2) is 27.5 Å². The van der Waals surface area contributed by atoms with Gasteiger partial charge in [0.15, 0.2) is 6.61 Å². The van der Waals surface area contributed by atoms with E-state index in [-0.39, 0.29) is 17.3 Å². The number of hydrogen-bond donors (Lipinski definition) is 1. The molecule has 0 radical (unpaired) electrons. The Bertz CT molecular complexity index is 816. The molecule has 0 aromatic carbocycles. The second kappa shape index (κ2) is 9.01. The molecule has 0 saturated heterocycles. The molecule has 1 aromatic heterocycles. The number of rotatable bonds is 7. The fraction of sp³-hybridized carbons (Fsp3) is 0.684. The van der Waals surface area contributed by atoms with Gasteiger partial charge in [-0.25, -0.2) is 4.79 Å². The number of nitrogen functional groups attached to an aromatic ring is 1. The summed E-state index contributed by atoms with van der Waals surface area (Å²) in [7, 11) is 2.64. The van der Waals surface area contributed by atoms with Gasteiger partial charge in [0.05, 0.1) is 5.92 Å². The summed E-state index contributed by atoms with van der Waals surface area (Å²) in [5.74, 6) is -0.855. The highest BCUT2D eigenvalue weighted by molar-refractivity contribution is 6.01. The van der Waals surface area contributed by atoms with E-state index in [9.17, 15) is 19.2 Å². The van der Waals surface area contributed by atoms with Gasteiger partial charge in [-0.15, -0.1) is 0 Å². The van der Waals surface area contributed by atoms with Crippen molar-refractivity contribution in [3.8, 4) is 0 Å². The minimum Gasteiger partial charge on any atom is -0.457 e. The summed E-state index contributed by atoms with van der Waals surface area (Å²) in [6.45, 7) is 1.62. The van der Waals surface area contributed by atoms with E-state index in [1.807, 2.05) is 0 Å². The van der Waals surface area contributed by atoms with Crippen LogP contribution in [-0.2, 0) is 23.6 Å². The zero-order chi connectivity index (χ0) is 20.1. The molecule has 2 N–H and O–H groups in total. The zero-order valence-corrected chi connectivity index (χ0v) is 16.3. The molecular formula is C19H29N3O5. The van der Waals surface area contributed by atoms with Gasteiger partial charge in [-0.05, 0) is 31.6 Å². The number of hydrogen-bond acceptors (Lipinski definition) is 6. The third-order valence-corrected chi connectivity index (χ3v) is 5.48. The van der Waals surface area contributed by atoms with E-state index < -0.39 is 29.6 Å². The highest BCUT2D eigenvalue weighted by Gasteiger charge is 2.28. The Morgan fingerprint density at radius 2 is 1.74 bits per heavy atom. The van der Waals surface area contributed by atoms with Gasteiger partial charge in [0.2, 0.25) is 5.78 Å². The van der Waals surface area contributed by atoms with Crippen molar-refractivity contribution in [3.05, 3.63) is 26.4 Å². The lowest BCUT2D eigenvalue weighted by atomic mass is 9.80. The first-order valence-electron chi connectivity index (χ1n) is 9.53. The van der Waals surface area contributed by atoms with Gasteiger partial charge in [-0.1, -0.05) is 26.2 Å². The molecule has 0 unspecified atom stereocenters. The van der Waals surface area contributed by atoms with Gasteiger partial charge in [-0.2, -0.15) is 0 Å². The fourth-order valence-corrected chi connectivity index (χ4v) is 3.63. The van der Waals surface area contributed by atoms with Crippen LogP contribution in [0.5, 0.6) is 0 Å². The van der Waals surface area contributed by atoms with Crippen LogP contribution in [0, 0.1) is 11.8 Å². The van der Waals surface area contributed by atoms with Gasteiger partial charge in [0, 0.05) is 14.1 Å². The maximum absolute atomic E-state index is 12.4. The number of aromatic nitrogens is 2. The van der Waals surface area contributed by atoms with E-state index in [1.165, 1.54) is 33.4 Å². The second-order valence-electron chi connectivity index (χ2n) is 7.36. The molecule has 0 amide bonds. The Kier molecular flexibility index (Phi) is 6.98. The number of Topliss-reactive ketones (excluding diaryl/α,β-unsaturated/α-hetero) is 1. The van der Waals surface area contributed by atoms with Crippen molar-refractivity contribution in [3.63, 3.8) is 0 Å². The third kappa shape index (κ3) is 4.67. The van der Waals surface area contributed by atoms with Crippen molar-refractivity contribution in [2.45, 2.75) is 51.9 Å². The van der Waals surface area contributed by atoms with E-state index in [0.717, 1.165) is 34.8 Å². The van der Waals surface area contributed by atoms with Crippen LogP contribution in [0.2, 0.25) is 0 Å². The molecule has 1 saturated carbocycles. The summed E-state index contributed by atoms with van der Waals surface area (Å²) >= 11 is 0. The lowest BCUT2D eigenvalue weighted by Gasteiger charge is -2.27. The van der Waals surface area contributed by atoms with E-state index in [0.29, 0.717) is 5.92 Å². The molecule has 8 nitrogen and oxygen atoms in total. The lowest BCUT2D eigenvalue weighted by Crippen LogP contribution is -2.42. The van der Waals surface area contributed by atoms with Crippen molar-refractivity contribution in [2.24, 2.45) is 25.9 Å². The Morgan fingerprint density at radius 3 is 2.33 bits per heavy atom. The molecular weight excluding hydrogens is 350 g/mol. The van der Waals surface area contributed by atoms with E-state index in [2.05, 4.69) is 6.92 Å². The van der Waals surface area contributed by atoms with E-state index >= 15 is 0 Å². The summed E-state index contributed by atoms with van der Waals surface area (Å²) in [4.78, 5) is 48.6. The number of nitrogens with two attached hydrogens (primary N) is 1. The molecule has 1 aliphatic rings. The Morgan fingerprint density at radius 1 is 1.11 bits per heavy atom. The number of carbonyl (C=O) groups excluding carboxylic acids is 2.